The van der Waals surface area contributed by atoms with E-state index in [-0.39, 0.29) is 0 Å². The van der Waals surface area contributed by atoms with Crippen molar-refractivity contribution < 1.29 is 4.74 Å². The fourth-order valence-electron chi connectivity index (χ4n) is 2.13. The molecule has 0 fully saturated rings. The van der Waals surface area contributed by atoms with Crippen molar-refractivity contribution in [2.75, 3.05) is 12.3 Å². The van der Waals surface area contributed by atoms with Crippen molar-refractivity contribution in [3.8, 4) is 5.75 Å². The predicted molar refractivity (Wildman–Crippen MR) is 107 cm³/mol. The summed E-state index contributed by atoms with van der Waals surface area (Å²) in [5, 5.41) is 8.58. The van der Waals surface area contributed by atoms with Crippen LogP contribution in [-0.4, -0.2) is 22.3 Å². The van der Waals surface area contributed by atoms with Gasteiger partial charge in [-0.05, 0) is 32.0 Å². The molecule has 0 aliphatic rings. The molecule has 1 N–H and O–H groups in total. The summed E-state index contributed by atoms with van der Waals surface area (Å²) in [5.41, 5.74) is 2.32. The smallest absolute Gasteiger partial charge is 0.149 e. The highest BCUT2D eigenvalue weighted by molar-refractivity contribution is 8.00. The first-order valence-electron chi connectivity index (χ1n) is 8.15. The molecule has 0 unspecified atom stereocenters. The summed E-state index contributed by atoms with van der Waals surface area (Å²) < 4.78 is 6.92. The Balaban J connectivity index is 1.30. The standard InChI is InChI=1S/C18H21N3OS3/c1-14-3-5-16(6-4-14)22-12-17-21-15(13-25-17)11-19-7-2-9-23-18-20-8-10-24-18/h3-6,8,10,13,19H,2,7,9,11-12H2,1H3. The highest BCUT2D eigenvalue weighted by atomic mass is 32.2. The van der Waals surface area contributed by atoms with E-state index in [1.165, 1.54) is 5.56 Å². The van der Waals surface area contributed by atoms with Crippen molar-refractivity contribution in [1.82, 2.24) is 15.3 Å². The number of benzene rings is 1. The molecule has 1 aromatic carbocycles. The lowest BCUT2D eigenvalue weighted by molar-refractivity contribution is 0.305. The number of thiazole rings is 2. The lowest BCUT2D eigenvalue weighted by atomic mass is 10.2. The third-order valence-electron chi connectivity index (χ3n) is 3.42. The SMILES string of the molecule is Cc1ccc(OCc2nc(CNCCCSc3nccs3)cs2)cc1. The number of nitrogens with zero attached hydrogens (tertiary/aromatic N) is 2. The topological polar surface area (TPSA) is 47.0 Å². The van der Waals surface area contributed by atoms with Gasteiger partial charge in [0.25, 0.3) is 0 Å². The monoisotopic (exact) mass is 391 g/mol. The van der Waals surface area contributed by atoms with Crippen LogP contribution in [0.3, 0.4) is 0 Å². The highest BCUT2D eigenvalue weighted by Crippen LogP contribution is 2.20. The second-order valence-corrected chi connectivity index (χ2v) is 8.69. The highest BCUT2D eigenvalue weighted by Gasteiger charge is 2.03. The zero-order valence-corrected chi connectivity index (χ0v) is 16.6. The van der Waals surface area contributed by atoms with Gasteiger partial charge in [-0.1, -0.05) is 29.5 Å². The number of ether oxygens (including phenoxy) is 1. The van der Waals surface area contributed by atoms with Gasteiger partial charge in [0.15, 0.2) is 0 Å². The molecular formula is C18H21N3OS3. The third kappa shape index (κ3) is 6.43. The van der Waals surface area contributed by atoms with E-state index in [0.717, 1.165) is 46.1 Å². The maximum absolute atomic E-state index is 5.77. The van der Waals surface area contributed by atoms with Crippen LogP contribution in [0, 0.1) is 6.92 Å². The first-order valence-corrected chi connectivity index (χ1v) is 10.9. The molecule has 7 heteroatoms. The fraction of sp³-hybridized carbons (Fsp3) is 0.333. The van der Waals surface area contributed by atoms with Crippen LogP contribution in [0.5, 0.6) is 5.75 Å². The van der Waals surface area contributed by atoms with E-state index in [4.69, 9.17) is 4.74 Å². The van der Waals surface area contributed by atoms with Gasteiger partial charge in [-0.3, -0.25) is 0 Å². The molecule has 0 aliphatic heterocycles. The largest absolute Gasteiger partial charge is 0.486 e. The molecule has 0 aliphatic carbocycles. The summed E-state index contributed by atoms with van der Waals surface area (Å²) in [4.78, 5) is 8.89. The summed E-state index contributed by atoms with van der Waals surface area (Å²) in [6.07, 6.45) is 2.98. The molecule has 0 spiro atoms. The molecule has 0 atom stereocenters. The molecule has 132 valence electrons. The van der Waals surface area contributed by atoms with Crippen molar-refractivity contribution >= 4 is 34.4 Å². The van der Waals surface area contributed by atoms with Gasteiger partial charge in [0, 0.05) is 29.3 Å². The van der Waals surface area contributed by atoms with Crippen molar-refractivity contribution in [2.24, 2.45) is 0 Å². The average Bonchev–Trinajstić information content (AvgIpc) is 3.29. The van der Waals surface area contributed by atoms with E-state index in [2.05, 4.69) is 39.7 Å². The first kappa shape index (κ1) is 18.4. The molecule has 0 radical (unpaired) electrons. The van der Waals surface area contributed by atoms with Gasteiger partial charge in [0.05, 0.1) is 5.69 Å². The minimum absolute atomic E-state index is 0.526. The van der Waals surface area contributed by atoms with E-state index < -0.39 is 0 Å². The number of thioether (sulfide) groups is 1. The van der Waals surface area contributed by atoms with E-state index in [9.17, 15) is 0 Å². The van der Waals surface area contributed by atoms with Gasteiger partial charge < -0.3 is 10.1 Å². The minimum atomic E-state index is 0.526. The predicted octanol–water partition coefficient (Wildman–Crippen LogP) is 4.76. The average molecular weight is 392 g/mol. The van der Waals surface area contributed by atoms with E-state index in [1.54, 1.807) is 22.7 Å². The maximum Gasteiger partial charge on any atom is 0.149 e. The Morgan fingerprint density at radius 2 is 2.08 bits per heavy atom. The molecule has 0 saturated carbocycles. The Morgan fingerprint density at radius 3 is 2.88 bits per heavy atom. The van der Waals surface area contributed by atoms with Crippen LogP contribution in [0.4, 0.5) is 0 Å². The molecular weight excluding hydrogens is 370 g/mol. The second-order valence-electron chi connectivity index (χ2n) is 5.51. The molecule has 0 amide bonds. The second kappa shape index (κ2) is 9.91. The number of hydrogen-bond acceptors (Lipinski definition) is 7. The lowest BCUT2D eigenvalue weighted by Gasteiger charge is -2.04. The van der Waals surface area contributed by atoms with Gasteiger partial charge in [0.2, 0.25) is 0 Å². The molecule has 0 bridgehead atoms. The minimum Gasteiger partial charge on any atom is -0.486 e. The number of rotatable bonds is 10. The maximum atomic E-state index is 5.77. The van der Waals surface area contributed by atoms with Crippen LogP contribution in [0.15, 0.2) is 45.6 Å². The van der Waals surface area contributed by atoms with Gasteiger partial charge >= 0.3 is 0 Å². The van der Waals surface area contributed by atoms with Crippen LogP contribution in [0.1, 0.15) is 22.7 Å². The van der Waals surface area contributed by atoms with E-state index >= 15 is 0 Å². The van der Waals surface area contributed by atoms with Crippen LogP contribution in [0.25, 0.3) is 0 Å². The van der Waals surface area contributed by atoms with Crippen molar-refractivity contribution in [1.29, 1.82) is 0 Å². The molecule has 3 aromatic rings. The quantitative estimate of drug-likeness (QED) is 0.399. The van der Waals surface area contributed by atoms with Crippen molar-refractivity contribution in [3.63, 3.8) is 0 Å². The summed E-state index contributed by atoms with van der Waals surface area (Å²) in [6.45, 7) is 4.40. The van der Waals surface area contributed by atoms with Gasteiger partial charge in [-0.2, -0.15) is 0 Å². The Hall–Kier alpha value is -1.41. The van der Waals surface area contributed by atoms with Crippen molar-refractivity contribution in [2.45, 2.75) is 30.8 Å². The normalized spacial score (nSPS) is 10.9. The molecule has 0 saturated heterocycles. The Bertz CT molecular complexity index is 741. The van der Waals surface area contributed by atoms with Gasteiger partial charge in [-0.25, -0.2) is 9.97 Å². The Kier molecular flexibility index (Phi) is 7.29. The fourth-order valence-corrected chi connectivity index (χ4v) is 4.48. The van der Waals surface area contributed by atoms with Crippen LogP contribution in [0.2, 0.25) is 0 Å². The molecule has 2 heterocycles. The van der Waals surface area contributed by atoms with Crippen LogP contribution in [-0.2, 0) is 13.2 Å². The van der Waals surface area contributed by atoms with Crippen molar-refractivity contribution in [3.05, 3.63) is 57.5 Å². The van der Waals surface area contributed by atoms with E-state index in [1.807, 2.05) is 35.5 Å². The Morgan fingerprint density at radius 1 is 1.20 bits per heavy atom. The number of hydrogen-bond donors (Lipinski definition) is 1. The van der Waals surface area contributed by atoms with Gasteiger partial charge in [-0.15, -0.1) is 22.7 Å². The number of aromatic nitrogens is 2. The molecule has 3 rings (SSSR count). The summed E-state index contributed by atoms with van der Waals surface area (Å²) >= 11 is 5.17. The third-order valence-corrected chi connectivity index (χ3v) is 6.35. The van der Waals surface area contributed by atoms with E-state index in [0.29, 0.717) is 6.61 Å². The molecule has 2 aromatic heterocycles. The lowest BCUT2D eigenvalue weighted by Crippen LogP contribution is -2.15. The summed E-state index contributed by atoms with van der Waals surface area (Å²) in [5.74, 6) is 1.98. The van der Waals surface area contributed by atoms with Crippen LogP contribution >= 0.6 is 34.4 Å². The molecule has 25 heavy (non-hydrogen) atoms. The van der Waals surface area contributed by atoms with Gasteiger partial charge in [0.1, 0.15) is 21.7 Å². The first-order chi connectivity index (χ1) is 12.3. The zero-order valence-electron chi connectivity index (χ0n) is 14.1. The summed E-state index contributed by atoms with van der Waals surface area (Å²) in [6, 6.07) is 8.10. The zero-order chi connectivity index (χ0) is 17.3. The van der Waals surface area contributed by atoms with Crippen LogP contribution < -0.4 is 10.1 Å². The number of nitrogens with one attached hydrogen (secondary N) is 1. The Labute approximate surface area is 160 Å². The number of aryl methyl sites for hydroxylation is 1. The summed E-state index contributed by atoms with van der Waals surface area (Å²) in [7, 11) is 0. The molecule has 4 nitrogen and oxygen atoms in total.